The number of halogens is 1. The average Bonchev–Trinajstić information content (AvgIpc) is 2.50. The predicted molar refractivity (Wildman–Crippen MR) is 51.9 cm³/mol. The highest BCUT2D eigenvalue weighted by Gasteiger charge is 2.07. The Kier molecular flexibility index (Phi) is 2.63. The number of rotatable bonds is 2. The van der Waals surface area contributed by atoms with Gasteiger partial charge in [0, 0.05) is 12.7 Å². The van der Waals surface area contributed by atoms with Crippen LogP contribution in [0.15, 0.2) is 22.6 Å². The molecule has 0 unspecified atom stereocenters. The second-order valence-electron chi connectivity index (χ2n) is 2.94. The third-order valence-electron chi connectivity index (χ3n) is 1.67. The molecule has 2 heterocycles. The maximum absolute atomic E-state index is 12.9. The summed E-state index contributed by atoms with van der Waals surface area (Å²) in [5.74, 6) is 0. The molecule has 0 aliphatic rings. The first kappa shape index (κ1) is 10.0. The molecule has 0 atom stereocenters. The van der Waals surface area contributed by atoms with Gasteiger partial charge in [-0.1, -0.05) is 0 Å². The van der Waals surface area contributed by atoms with Gasteiger partial charge in [0.05, 0.1) is 0 Å². The molecular weight excluding hydrogens is 217 g/mol. The number of nitrogens with zero attached hydrogens (tertiary/aromatic N) is 5. The lowest BCUT2D eigenvalue weighted by Gasteiger charge is -2.00. The Balaban J connectivity index is 2.28. The summed E-state index contributed by atoms with van der Waals surface area (Å²) in [5.41, 5.74) is 0.590. The van der Waals surface area contributed by atoms with E-state index in [1.807, 2.05) is 7.05 Å². The molecule has 5 nitrogen and oxygen atoms in total. The van der Waals surface area contributed by atoms with Crippen LogP contribution < -0.4 is 0 Å². The van der Waals surface area contributed by atoms with E-state index in [1.54, 1.807) is 23.9 Å². The van der Waals surface area contributed by atoms with Gasteiger partial charge in [-0.25, -0.2) is 4.98 Å². The molecule has 0 saturated carbocycles. The Hall–Kier alpha value is -1.50. The van der Waals surface area contributed by atoms with Crippen LogP contribution in [0.2, 0.25) is 0 Å². The molecule has 0 fully saturated rings. The van der Waals surface area contributed by atoms with E-state index in [4.69, 9.17) is 0 Å². The van der Waals surface area contributed by atoms with Crippen molar-refractivity contribution in [1.29, 1.82) is 0 Å². The highest BCUT2D eigenvalue weighted by atomic mass is 32.2. The predicted octanol–water partition coefficient (Wildman–Crippen LogP) is 1.20. The van der Waals surface area contributed by atoms with Gasteiger partial charge in [-0.2, -0.15) is 9.37 Å². The van der Waals surface area contributed by atoms with Crippen molar-refractivity contribution in [1.82, 2.24) is 24.7 Å². The molecule has 0 N–H and O–H groups in total. The van der Waals surface area contributed by atoms with Gasteiger partial charge in [0.1, 0.15) is 11.4 Å². The zero-order valence-corrected chi connectivity index (χ0v) is 8.99. The smallest absolute Gasteiger partial charge is 0.309 e. The fourth-order valence-corrected chi connectivity index (χ4v) is 1.83. The zero-order chi connectivity index (χ0) is 10.8. The van der Waals surface area contributed by atoms with Gasteiger partial charge in [0.15, 0.2) is 5.16 Å². The molecule has 0 bridgehead atoms. The molecule has 0 radical (unpaired) electrons. The molecule has 0 spiro atoms. The minimum Gasteiger partial charge on any atom is -0.311 e. The highest BCUT2D eigenvalue weighted by Crippen LogP contribution is 2.23. The van der Waals surface area contributed by atoms with E-state index in [0.29, 0.717) is 15.9 Å². The quantitative estimate of drug-likeness (QED) is 0.568. The summed E-state index contributed by atoms with van der Waals surface area (Å²) in [6.07, 6.45) is 0.854. The van der Waals surface area contributed by atoms with Crippen LogP contribution in [0.5, 0.6) is 0 Å². The molecule has 2 aromatic heterocycles. The van der Waals surface area contributed by atoms with Crippen LogP contribution >= 0.6 is 11.8 Å². The van der Waals surface area contributed by atoms with E-state index >= 15 is 0 Å². The third-order valence-corrected chi connectivity index (χ3v) is 2.64. The van der Waals surface area contributed by atoms with E-state index in [1.165, 1.54) is 11.8 Å². The van der Waals surface area contributed by atoms with Crippen LogP contribution in [-0.4, -0.2) is 24.7 Å². The first-order valence-electron chi connectivity index (χ1n) is 4.18. The Morgan fingerprint density at radius 2 is 2.20 bits per heavy atom. The maximum Gasteiger partial charge on any atom is 0.309 e. The Bertz CT molecular complexity index is 463. The summed E-state index contributed by atoms with van der Waals surface area (Å²) in [5, 5.41) is 8.77. The number of aromatic nitrogens is 5. The molecule has 0 amide bonds. The largest absolute Gasteiger partial charge is 0.311 e. The van der Waals surface area contributed by atoms with Gasteiger partial charge >= 0.3 is 6.08 Å². The molecule has 7 heteroatoms. The van der Waals surface area contributed by atoms with Crippen LogP contribution in [0.4, 0.5) is 4.39 Å². The Labute approximate surface area is 89.8 Å². The molecular formula is C8H8FN5S. The summed E-state index contributed by atoms with van der Waals surface area (Å²) >= 11 is 1.25. The van der Waals surface area contributed by atoms with E-state index in [-0.39, 0.29) is 0 Å². The Morgan fingerprint density at radius 3 is 2.80 bits per heavy atom. The summed E-state index contributed by atoms with van der Waals surface area (Å²) in [6, 6.07) is 1.70. The zero-order valence-electron chi connectivity index (χ0n) is 8.18. The highest BCUT2D eigenvalue weighted by molar-refractivity contribution is 7.99. The van der Waals surface area contributed by atoms with Crippen molar-refractivity contribution in [2.75, 3.05) is 0 Å². The van der Waals surface area contributed by atoms with Crippen molar-refractivity contribution in [3.8, 4) is 0 Å². The molecule has 2 rings (SSSR count). The summed E-state index contributed by atoms with van der Waals surface area (Å²) < 4.78 is 14.6. The lowest BCUT2D eigenvalue weighted by Crippen LogP contribution is -1.95. The molecule has 0 saturated heterocycles. The molecule has 2 aromatic rings. The fourth-order valence-electron chi connectivity index (χ4n) is 1.02. The normalized spacial score (nSPS) is 10.6. The van der Waals surface area contributed by atoms with Crippen molar-refractivity contribution in [2.24, 2.45) is 7.05 Å². The first-order valence-corrected chi connectivity index (χ1v) is 5.00. The lowest BCUT2D eigenvalue weighted by atomic mass is 10.5. The molecule has 0 aromatic carbocycles. The van der Waals surface area contributed by atoms with Crippen molar-refractivity contribution in [2.45, 2.75) is 17.1 Å². The van der Waals surface area contributed by atoms with Crippen molar-refractivity contribution in [3.63, 3.8) is 0 Å². The van der Waals surface area contributed by atoms with Gasteiger partial charge in [-0.15, -0.1) is 10.2 Å². The van der Waals surface area contributed by atoms with Gasteiger partial charge in [0.25, 0.3) is 0 Å². The van der Waals surface area contributed by atoms with Crippen LogP contribution in [0, 0.1) is 13.0 Å². The van der Waals surface area contributed by atoms with E-state index < -0.39 is 6.08 Å². The minimum absolute atomic E-state index is 0.524. The Morgan fingerprint density at radius 1 is 1.40 bits per heavy atom. The van der Waals surface area contributed by atoms with Crippen molar-refractivity contribution < 1.29 is 4.39 Å². The number of aryl methyl sites for hydroxylation is 2. The lowest BCUT2D eigenvalue weighted by molar-refractivity contribution is 0.523. The minimum atomic E-state index is -0.723. The van der Waals surface area contributed by atoms with Crippen LogP contribution in [0.3, 0.4) is 0 Å². The van der Waals surface area contributed by atoms with Crippen LogP contribution in [0.1, 0.15) is 5.69 Å². The SMILES string of the molecule is Cc1cc(Sc2nncn2C)nc(F)n1. The second-order valence-corrected chi connectivity index (χ2v) is 3.93. The summed E-state index contributed by atoms with van der Waals surface area (Å²) in [6.45, 7) is 1.71. The first-order chi connectivity index (χ1) is 7.15. The van der Waals surface area contributed by atoms with Gasteiger partial charge < -0.3 is 4.57 Å². The topological polar surface area (TPSA) is 56.5 Å². The molecule has 15 heavy (non-hydrogen) atoms. The summed E-state index contributed by atoms with van der Waals surface area (Å²) in [7, 11) is 1.81. The maximum atomic E-state index is 12.9. The standard InChI is InChI=1S/C8H8FN5S/c1-5-3-6(12-7(9)11-5)15-8-13-10-4-14(8)2/h3-4H,1-2H3. The number of hydrogen-bond acceptors (Lipinski definition) is 5. The van der Waals surface area contributed by atoms with E-state index in [0.717, 1.165) is 0 Å². The molecule has 0 aliphatic carbocycles. The average molecular weight is 225 g/mol. The van der Waals surface area contributed by atoms with Gasteiger partial charge in [-0.3, -0.25) is 0 Å². The van der Waals surface area contributed by atoms with Crippen LogP contribution in [0.25, 0.3) is 0 Å². The van der Waals surface area contributed by atoms with Crippen molar-refractivity contribution >= 4 is 11.8 Å². The molecule has 0 aliphatic heterocycles. The van der Waals surface area contributed by atoms with Crippen molar-refractivity contribution in [3.05, 3.63) is 24.2 Å². The van der Waals surface area contributed by atoms with Gasteiger partial charge in [-0.05, 0) is 24.8 Å². The molecule has 78 valence electrons. The summed E-state index contributed by atoms with van der Waals surface area (Å²) in [4.78, 5) is 7.21. The van der Waals surface area contributed by atoms with Crippen LogP contribution in [-0.2, 0) is 7.05 Å². The monoisotopic (exact) mass is 225 g/mol. The fraction of sp³-hybridized carbons (Fsp3) is 0.250. The number of hydrogen-bond donors (Lipinski definition) is 0. The second kappa shape index (κ2) is 3.93. The van der Waals surface area contributed by atoms with E-state index in [9.17, 15) is 4.39 Å². The van der Waals surface area contributed by atoms with Gasteiger partial charge in [0.2, 0.25) is 0 Å². The third kappa shape index (κ3) is 2.30. The van der Waals surface area contributed by atoms with E-state index in [2.05, 4.69) is 20.2 Å².